The molecule has 104 valence electrons. The summed E-state index contributed by atoms with van der Waals surface area (Å²) in [5.74, 6) is -0.638. The van der Waals surface area contributed by atoms with Crippen LogP contribution in [-0.2, 0) is 6.61 Å². The fourth-order valence-corrected chi connectivity index (χ4v) is 1.98. The summed E-state index contributed by atoms with van der Waals surface area (Å²) in [7, 11) is 0. The van der Waals surface area contributed by atoms with Gasteiger partial charge in [0.15, 0.2) is 0 Å². The van der Waals surface area contributed by atoms with Crippen LogP contribution in [0.15, 0.2) is 40.9 Å². The van der Waals surface area contributed by atoms with E-state index in [2.05, 4.69) is 15.9 Å². The van der Waals surface area contributed by atoms with Crippen molar-refractivity contribution in [2.75, 3.05) is 0 Å². The second-order valence-corrected chi connectivity index (χ2v) is 4.98. The molecule has 2 aromatic rings. The summed E-state index contributed by atoms with van der Waals surface area (Å²) >= 11 is 3.05. The molecule has 0 saturated heterocycles. The van der Waals surface area contributed by atoms with Gasteiger partial charge in [0.05, 0.1) is 4.47 Å². The maximum atomic E-state index is 13.4. The largest absolute Gasteiger partial charge is 0.489 e. The zero-order valence-corrected chi connectivity index (χ0v) is 11.9. The summed E-state index contributed by atoms with van der Waals surface area (Å²) in [6.07, 6.45) is 0. The van der Waals surface area contributed by atoms with Gasteiger partial charge in [-0.1, -0.05) is 0 Å². The molecule has 0 fully saturated rings. The lowest BCUT2D eigenvalue weighted by atomic mass is 10.1. The van der Waals surface area contributed by atoms with Crippen LogP contribution in [0.5, 0.6) is 5.75 Å². The van der Waals surface area contributed by atoms with E-state index in [0.717, 1.165) is 0 Å². The fraction of sp³-hybridized carbons (Fsp3) is 0.0714. The Kier molecular flexibility index (Phi) is 4.34. The van der Waals surface area contributed by atoms with Crippen LogP contribution >= 0.6 is 15.9 Å². The van der Waals surface area contributed by atoms with Gasteiger partial charge < -0.3 is 10.5 Å². The Hall–Kier alpha value is -1.95. The lowest BCUT2D eigenvalue weighted by molar-refractivity contribution is 0.305. The van der Waals surface area contributed by atoms with Gasteiger partial charge in [-0.2, -0.15) is 0 Å². The Balaban J connectivity index is 2.14. The monoisotopic (exact) mass is 340 g/mol. The minimum Gasteiger partial charge on any atom is -0.489 e. The smallest absolute Gasteiger partial charge is 0.137 e. The molecule has 0 heterocycles. The summed E-state index contributed by atoms with van der Waals surface area (Å²) < 4.78 is 32.2. The highest BCUT2D eigenvalue weighted by atomic mass is 79.9. The first-order chi connectivity index (χ1) is 9.45. The average Bonchev–Trinajstić information content (AvgIpc) is 2.39. The molecule has 3 nitrogen and oxygen atoms in total. The van der Waals surface area contributed by atoms with Crippen molar-refractivity contribution in [2.45, 2.75) is 6.61 Å². The third-order valence-corrected chi connectivity index (χ3v) is 3.17. The maximum Gasteiger partial charge on any atom is 0.137 e. The molecule has 2 aromatic carbocycles. The van der Waals surface area contributed by atoms with Crippen LogP contribution in [0.25, 0.3) is 0 Å². The van der Waals surface area contributed by atoms with Gasteiger partial charge >= 0.3 is 0 Å². The fourth-order valence-electron chi connectivity index (χ4n) is 1.62. The van der Waals surface area contributed by atoms with E-state index in [9.17, 15) is 8.78 Å². The van der Waals surface area contributed by atoms with Crippen molar-refractivity contribution in [3.05, 3.63) is 63.6 Å². The Morgan fingerprint density at radius 1 is 1.20 bits per heavy atom. The summed E-state index contributed by atoms with van der Waals surface area (Å²) in [4.78, 5) is 0. The topological polar surface area (TPSA) is 59.1 Å². The number of hydrogen-bond acceptors (Lipinski definition) is 2. The molecule has 0 spiro atoms. The zero-order chi connectivity index (χ0) is 14.7. The number of ether oxygens (including phenoxy) is 1. The SMILES string of the molecule is N=C(N)c1cc(F)cc(COc2ccc(F)c(Br)c2)c1. The minimum atomic E-state index is -0.489. The Labute approximate surface area is 123 Å². The molecule has 0 radical (unpaired) electrons. The predicted molar refractivity (Wildman–Crippen MR) is 75.8 cm³/mol. The molecule has 0 unspecified atom stereocenters. The van der Waals surface area contributed by atoms with E-state index in [-0.39, 0.29) is 18.3 Å². The van der Waals surface area contributed by atoms with Crippen molar-refractivity contribution in [1.82, 2.24) is 0 Å². The van der Waals surface area contributed by atoms with Gasteiger partial charge in [-0.25, -0.2) is 8.78 Å². The lowest BCUT2D eigenvalue weighted by Gasteiger charge is -2.08. The Morgan fingerprint density at radius 3 is 2.60 bits per heavy atom. The van der Waals surface area contributed by atoms with E-state index >= 15 is 0 Å². The minimum absolute atomic E-state index is 0.0934. The first-order valence-electron chi connectivity index (χ1n) is 5.67. The highest BCUT2D eigenvalue weighted by Crippen LogP contribution is 2.22. The molecule has 0 bridgehead atoms. The Bertz CT molecular complexity index is 662. The molecular formula is C14H11BrF2N2O. The number of rotatable bonds is 4. The molecule has 0 atom stereocenters. The second-order valence-electron chi connectivity index (χ2n) is 4.13. The lowest BCUT2D eigenvalue weighted by Crippen LogP contribution is -2.12. The van der Waals surface area contributed by atoms with Crippen LogP contribution in [-0.4, -0.2) is 5.84 Å². The third-order valence-electron chi connectivity index (χ3n) is 2.57. The molecule has 0 saturated carbocycles. The molecule has 6 heteroatoms. The standard InChI is InChI=1S/C14H11BrF2N2O/c15-12-6-11(1-2-13(12)17)20-7-8-3-9(14(18)19)5-10(16)4-8/h1-6H,7H2,(H3,18,19). The molecule has 0 aliphatic carbocycles. The number of benzene rings is 2. The van der Waals surface area contributed by atoms with Crippen molar-refractivity contribution in [1.29, 1.82) is 5.41 Å². The van der Waals surface area contributed by atoms with Crippen LogP contribution in [0.4, 0.5) is 8.78 Å². The predicted octanol–water partition coefficient (Wildman–Crippen LogP) is 3.59. The highest BCUT2D eigenvalue weighted by Gasteiger charge is 2.05. The van der Waals surface area contributed by atoms with Crippen molar-refractivity contribution in [3.63, 3.8) is 0 Å². The van der Waals surface area contributed by atoms with Crippen molar-refractivity contribution < 1.29 is 13.5 Å². The van der Waals surface area contributed by atoms with E-state index in [1.165, 1.54) is 30.3 Å². The van der Waals surface area contributed by atoms with Crippen LogP contribution in [0.2, 0.25) is 0 Å². The van der Waals surface area contributed by atoms with Gasteiger partial charge in [-0.15, -0.1) is 0 Å². The molecule has 0 aliphatic rings. The normalized spacial score (nSPS) is 10.3. The molecule has 0 aromatic heterocycles. The molecule has 2 rings (SSSR count). The van der Waals surface area contributed by atoms with Crippen LogP contribution in [0, 0.1) is 17.0 Å². The first-order valence-corrected chi connectivity index (χ1v) is 6.47. The van der Waals surface area contributed by atoms with Crippen molar-refractivity contribution in [3.8, 4) is 5.75 Å². The average molecular weight is 341 g/mol. The molecule has 3 N–H and O–H groups in total. The maximum absolute atomic E-state index is 13.4. The molecule has 0 amide bonds. The molecule has 20 heavy (non-hydrogen) atoms. The number of hydrogen-bond donors (Lipinski definition) is 2. The van der Waals surface area contributed by atoms with Crippen LogP contribution < -0.4 is 10.5 Å². The van der Waals surface area contributed by atoms with Crippen molar-refractivity contribution in [2.24, 2.45) is 5.73 Å². The van der Waals surface area contributed by atoms with Crippen molar-refractivity contribution >= 4 is 21.8 Å². The summed E-state index contributed by atoms with van der Waals surface area (Å²) in [5.41, 5.74) is 6.16. The van der Waals surface area contributed by atoms with E-state index in [4.69, 9.17) is 15.9 Å². The number of nitrogens with two attached hydrogens (primary N) is 1. The highest BCUT2D eigenvalue weighted by molar-refractivity contribution is 9.10. The number of halogens is 3. The summed E-state index contributed by atoms with van der Waals surface area (Å²) in [6, 6.07) is 8.28. The van der Waals surface area contributed by atoms with Gasteiger partial charge in [-0.05, 0) is 57.9 Å². The molecular weight excluding hydrogens is 330 g/mol. The van der Waals surface area contributed by atoms with E-state index in [1.807, 2.05) is 0 Å². The van der Waals surface area contributed by atoms with Crippen LogP contribution in [0.3, 0.4) is 0 Å². The number of nitrogens with one attached hydrogen (secondary N) is 1. The first kappa shape index (κ1) is 14.5. The van der Waals surface area contributed by atoms with E-state index < -0.39 is 5.82 Å². The van der Waals surface area contributed by atoms with Gasteiger partial charge in [0.1, 0.15) is 29.8 Å². The summed E-state index contributed by atoms with van der Waals surface area (Å²) in [6.45, 7) is 0.0934. The van der Waals surface area contributed by atoms with Gasteiger partial charge in [0.25, 0.3) is 0 Å². The van der Waals surface area contributed by atoms with Gasteiger partial charge in [-0.3, -0.25) is 5.41 Å². The second kappa shape index (κ2) is 6.00. The quantitative estimate of drug-likeness (QED) is 0.660. The van der Waals surface area contributed by atoms with Gasteiger partial charge in [0.2, 0.25) is 0 Å². The van der Waals surface area contributed by atoms with Gasteiger partial charge in [0, 0.05) is 5.56 Å². The zero-order valence-electron chi connectivity index (χ0n) is 10.3. The Morgan fingerprint density at radius 2 is 1.95 bits per heavy atom. The van der Waals surface area contributed by atoms with E-state index in [0.29, 0.717) is 21.3 Å². The van der Waals surface area contributed by atoms with E-state index in [1.54, 1.807) is 6.07 Å². The summed E-state index contributed by atoms with van der Waals surface area (Å²) in [5, 5.41) is 7.30. The third kappa shape index (κ3) is 3.54. The number of amidine groups is 1. The number of nitrogen functional groups attached to an aromatic ring is 1. The molecule has 0 aliphatic heterocycles. The van der Waals surface area contributed by atoms with Crippen LogP contribution in [0.1, 0.15) is 11.1 Å².